The van der Waals surface area contributed by atoms with Gasteiger partial charge in [0.1, 0.15) is 0 Å². The van der Waals surface area contributed by atoms with Crippen LogP contribution >= 0.6 is 0 Å². The summed E-state index contributed by atoms with van der Waals surface area (Å²) < 4.78 is 0. The highest BCUT2D eigenvalue weighted by atomic mass is 16.2. The summed E-state index contributed by atoms with van der Waals surface area (Å²) in [6.07, 6.45) is 4.32. The maximum atomic E-state index is 12.3. The molecule has 1 aliphatic carbocycles. The van der Waals surface area contributed by atoms with Crippen LogP contribution in [0.25, 0.3) is 0 Å². The molecule has 0 N–H and O–H groups in total. The van der Waals surface area contributed by atoms with E-state index in [0.717, 1.165) is 31.6 Å². The molecule has 1 fully saturated rings. The van der Waals surface area contributed by atoms with E-state index in [1.54, 1.807) is 4.90 Å². The van der Waals surface area contributed by atoms with Crippen LogP contribution in [0.4, 0.5) is 0 Å². The lowest BCUT2D eigenvalue weighted by Crippen LogP contribution is -2.38. The number of nitrogens with zero attached hydrogens (tertiary/aromatic N) is 2. The molecule has 0 aromatic rings. The summed E-state index contributed by atoms with van der Waals surface area (Å²) >= 11 is 0. The van der Waals surface area contributed by atoms with E-state index < -0.39 is 0 Å². The van der Waals surface area contributed by atoms with Gasteiger partial charge in [0.25, 0.3) is 0 Å². The Bertz CT molecular complexity index is 343. The first-order valence-electron chi connectivity index (χ1n) is 7.40. The minimum absolute atomic E-state index is 0.0835. The van der Waals surface area contributed by atoms with Crippen molar-refractivity contribution in [3.8, 4) is 6.07 Å². The van der Waals surface area contributed by atoms with Crippen LogP contribution in [0.5, 0.6) is 0 Å². The van der Waals surface area contributed by atoms with Gasteiger partial charge in [-0.15, -0.1) is 0 Å². The molecule has 0 aliphatic heterocycles. The molecule has 0 heterocycles. The fourth-order valence-corrected chi connectivity index (χ4v) is 3.06. The second-order valence-electron chi connectivity index (χ2n) is 7.16. The standard InChI is InChI=1S/C16H28N2O/c1-12(10-17)11-18(5)15(19)13-6-8-14(9-7-13)16(2,3)4/h12-14H,6-9,11H2,1-5H3. The van der Waals surface area contributed by atoms with E-state index in [1.165, 1.54) is 0 Å². The van der Waals surface area contributed by atoms with Crippen molar-refractivity contribution < 1.29 is 4.79 Å². The molecule has 0 radical (unpaired) electrons. The first-order chi connectivity index (χ1) is 8.75. The highest BCUT2D eigenvalue weighted by Crippen LogP contribution is 2.40. The third kappa shape index (κ3) is 4.53. The first-order valence-corrected chi connectivity index (χ1v) is 7.40. The van der Waals surface area contributed by atoms with Crippen LogP contribution < -0.4 is 0 Å². The summed E-state index contributed by atoms with van der Waals surface area (Å²) in [7, 11) is 1.83. The van der Waals surface area contributed by atoms with Crippen molar-refractivity contribution >= 4 is 5.91 Å². The predicted octanol–water partition coefficient (Wildman–Crippen LogP) is 3.46. The van der Waals surface area contributed by atoms with Crippen LogP contribution in [0.2, 0.25) is 0 Å². The Hall–Kier alpha value is -1.04. The number of hydrogen-bond donors (Lipinski definition) is 0. The van der Waals surface area contributed by atoms with Crippen LogP contribution in [0.3, 0.4) is 0 Å². The van der Waals surface area contributed by atoms with Gasteiger partial charge in [-0.2, -0.15) is 5.26 Å². The molecule has 1 saturated carbocycles. The van der Waals surface area contributed by atoms with Crippen LogP contribution in [-0.2, 0) is 4.79 Å². The van der Waals surface area contributed by atoms with Crippen LogP contribution in [-0.4, -0.2) is 24.4 Å². The topological polar surface area (TPSA) is 44.1 Å². The van der Waals surface area contributed by atoms with E-state index in [4.69, 9.17) is 5.26 Å². The van der Waals surface area contributed by atoms with Gasteiger partial charge in [-0.05, 0) is 43.9 Å². The van der Waals surface area contributed by atoms with Crippen molar-refractivity contribution in [1.29, 1.82) is 5.26 Å². The summed E-state index contributed by atoms with van der Waals surface area (Å²) in [5.74, 6) is 1.06. The maximum Gasteiger partial charge on any atom is 0.225 e. The first kappa shape index (κ1) is 16.0. The average molecular weight is 264 g/mol. The summed E-state index contributed by atoms with van der Waals surface area (Å²) in [5, 5.41) is 8.81. The summed E-state index contributed by atoms with van der Waals surface area (Å²) in [6, 6.07) is 2.19. The molecule has 0 aromatic carbocycles. The fraction of sp³-hybridized carbons (Fsp3) is 0.875. The zero-order chi connectivity index (χ0) is 14.6. The molecule has 1 rings (SSSR count). The van der Waals surface area contributed by atoms with E-state index in [-0.39, 0.29) is 17.7 Å². The molecule has 1 atom stereocenters. The molecule has 3 heteroatoms. The van der Waals surface area contributed by atoms with Gasteiger partial charge in [0.05, 0.1) is 12.0 Å². The molecule has 1 aliphatic rings. The zero-order valence-corrected chi connectivity index (χ0v) is 13.1. The Morgan fingerprint density at radius 3 is 2.26 bits per heavy atom. The lowest BCUT2D eigenvalue weighted by molar-refractivity contribution is -0.136. The molecule has 0 aromatic heterocycles. The number of nitriles is 1. The van der Waals surface area contributed by atoms with Crippen molar-refractivity contribution in [2.24, 2.45) is 23.2 Å². The van der Waals surface area contributed by atoms with Crippen LogP contribution in [0.15, 0.2) is 0 Å². The predicted molar refractivity (Wildman–Crippen MR) is 77.3 cm³/mol. The highest BCUT2D eigenvalue weighted by Gasteiger charge is 2.33. The van der Waals surface area contributed by atoms with Crippen LogP contribution in [0, 0.1) is 34.5 Å². The molecule has 1 amide bonds. The van der Waals surface area contributed by atoms with E-state index in [2.05, 4.69) is 26.8 Å². The molecular formula is C16H28N2O. The minimum atomic E-state index is -0.0835. The molecule has 0 saturated heterocycles. The lowest BCUT2D eigenvalue weighted by Gasteiger charge is -2.37. The second-order valence-corrected chi connectivity index (χ2v) is 7.16. The van der Waals surface area contributed by atoms with E-state index >= 15 is 0 Å². The molecule has 3 nitrogen and oxygen atoms in total. The van der Waals surface area contributed by atoms with Crippen molar-refractivity contribution in [3.05, 3.63) is 0 Å². The Kier molecular flexibility index (Phi) is 5.40. The number of rotatable bonds is 3. The van der Waals surface area contributed by atoms with Gasteiger partial charge in [-0.25, -0.2) is 0 Å². The second kappa shape index (κ2) is 6.41. The lowest BCUT2D eigenvalue weighted by atomic mass is 9.69. The van der Waals surface area contributed by atoms with Gasteiger partial charge in [0, 0.05) is 19.5 Å². The molecular weight excluding hydrogens is 236 g/mol. The van der Waals surface area contributed by atoms with Crippen molar-refractivity contribution in [1.82, 2.24) is 4.90 Å². The molecule has 0 bridgehead atoms. The van der Waals surface area contributed by atoms with Crippen LogP contribution in [0.1, 0.15) is 53.4 Å². The summed E-state index contributed by atoms with van der Waals surface area (Å²) in [6.45, 7) is 9.29. The minimum Gasteiger partial charge on any atom is -0.344 e. The van der Waals surface area contributed by atoms with Gasteiger partial charge in [-0.1, -0.05) is 20.8 Å². The Morgan fingerprint density at radius 1 is 1.32 bits per heavy atom. The molecule has 108 valence electrons. The number of carbonyl (C=O) groups excluding carboxylic acids is 1. The smallest absolute Gasteiger partial charge is 0.225 e. The SMILES string of the molecule is CC(C#N)CN(C)C(=O)C1CCC(C(C)(C)C)CC1. The molecule has 0 spiro atoms. The van der Waals surface area contributed by atoms with Gasteiger partial charge in [0.2, 0.25) is 5.91 Å². The zero-order valence-electron chi connectivity index (χ0n) is 13.1. The normalized spacial score (nSPS) is 25.5. The number of amides is 1. The number of carbonyl (C=O) groups is 1. The largest absolute Gasteiger partial charge is 0.344 e. The average Bonchev–Trinajstić information content (AvgIpc) is 2.36. The number of hydrogen-bond acceptors (Lipinski definition) is 2. The van der Waals surface area contributed by atoms with Gasteiger partial charge in [-0.3, -0.25) is 4.79 Å². The summed E-state index contributed by atoms with van der Waals surface area (Å²) in [5.41, 5.74) is 0.356. The van der Waals surface area contributed by atoms with Gasteiger partial charge in [0.15, 0.2) is 0 Å². The van der Waals surface area contributed by atoms with E-state index in [1.807, 2.05) is 14.0 Å². The quantitative estimate of drug-likeness (QED) is 0.783. The summed E-state index contributed by atoms with van der Waals surface area (Å²) in [4.78, 5) is 14.1. The molecule has 1 unspecified atom stereocenters. The van der Waals surface area contributed by atoms with Gasteiger partial charge >= 0.3 is 0 Å². The Morgan fingerprint density at radius 2 is 1.84 bits per heavy atom. The van der Waals surface area contributed by atoms with Crippen molar-refractivity contribution in [3.63, 3.8) is 0 Å². The fourth-order valence-electron chi connectivity index (χ4n) is 3.06. The third-order valence-electron chi connectivity index (χ3n) is 4.45. The third-order valence-corrected chi connectivity index (χ3v) is 4.45. The highest BCUT2D eigenvalue weighted by molar-refractivity contribution is 5.78. The maximum absolute atomic E-state index is 12.3. The monoisotopic (exact) mass is 264 g/mol. The Balaban J connectivity index is 2.47. The molecule has 19 heavy (non-hydrogen) atoms. The van der Waals surface area contributed by atoms with Crippen molar-refractivity contribution in [2.75, 3.05) is 13.6 Å². The van der Waals surface area contributed by atoms with E-state index in [9.17, 15) is 4.79 Å². The van der Waals surface area contributed by atoms with Crippen molar-refractivity contribution in [2.45, 2.75) is 53.4 Å². The Labute approximate surface area is 118 Å². The van der Waals surface area contributed by atoms with Gasteiger partial charge < -0.3 is 4.90 Å². The van der Waals surface area contributed by atoms with E-state index in [0.29, 0.717) is 12.0 Å².